The van der Waals surface area contributed by atoms with Crippen LogP contribution in [0.1, 0.15) is 43.4 Å². The normalized spacial score (nSPS) is 15.0. The molecule has 0 aliphatic heterocycles. The van der Waals surface area contributed by atoms with Gasteiger partial charge in [0.25, 0.3) is 0 Å². The predicted molar refractivity (Wildman–Crippen MR) is 111 cm³/mol. The summed E-state index contributed by atoms with van der Waals surface area (Å²) in [7, 11) is 0. The van der Waals surface area contributed by atoms with Gasteiger partial charge >= 0.3 is 0 Å². The SMILES string of the molecule is N#Cc1cn(CN(Cc2ccco2)C2CCCCC2)cc1-c1cccc(Cl)c1F. The average molecular weight is 412 g/mol. The fourth-order valence-corrected chi connectivity index (χ4v) is 4.33. The van der Waals surface area contributed by atoms with Crippen LogP contribution >= 0.6 is 11.6 Å². The molecular weight excluding hydrogens is 389 g/mol. The second kappa shape index (κ2) is 8.86. The first-order chi connectivity index (χ1) is 14.2. The minimum absolute atomic E-state index is 0.0563. The largest absolute Gasteiger partial charge is 0.468 e. The van der Waals surface area contributed by atoms with Crippen LogP contribution in [0.25, 0.3) is 11.1 Å². The molecule has 2 aromatic heterocycles. The van der Waals surface area contributed by atoms with Gasteiger partial charge in [-0.15, -0.1) is 0 Å². The molecule has 0 N–H and O–H groups in total. The third-order valence-corrected chi connectivity index (χ3v) is 5.91. The van der Waals surface area contributed by atoms with Gasteiger partial charge in [-0.3, -0.25) is 4.90 Å². The predicted octanol–water partition coefficient (Wildman–Crippen LogP) is 6.20. The number of halogens is 2. The van der Waals surface area contributed by atoms with E-state index in [0.29, 0.717) is 35.9 Å². The third-order valence-electron chi connectivity index (χ3n) is 5.62. The van der Waals surface area contributed by atoms with Crippen molar-refractivity contribution < 1.29 is 8.81 Å². The van der Waals surface area contributed by atoms with Crippen LogP contribution in [0.15, 0.2) is 53.4 Å². The van der Waals surface area contributed by atoms with Gasteiger partial charge in [0.1, 0.15) is 17.6 Å². The van der Waals surface area contributed by atoms with Crippen molar-refractivity contribution in [3.63, 3.8) is 0 Å². The molecule has 2 heterocycles. The van der Waals surface area contributed by atoms with Gasteiger partial charge in [-0.25, -0.2) is 4.39 Å². The lowest BCUT2D eigenvalue weighted by atomic mass is 9.94. The number of aromatic nitrogens is 1. The van der Waals surface area contributed by atoms with E-state index in [1.807, 2.05) is 22.9 Å². The molecule has 0 saturated heterocycles. The number of furan rings is 1. The van der Waals surface area contributed by atoms with Gasteiger partial charge in [0.15, 0.2) is 0 Å². The molecule has 0 spiro atoms. The molecule has 0 bridgehead atoms. The molecule has 1 saturated carbocycles. The van der Waals surface area contributed by atoms with Gasteiger partial charge in [0.05, 0.1) is 30.1 Å². The maximum atomic E-state index is 14.5. The smallest absolute Gasteiger partial charge is 0.149 e. The summed E-state index contributed by atoms with van der Waals surface area (Å²) in [6, 6.07) is 11.4. The first-order valence-corrected chi connectivity index (χ1v) is 10.3. The van der Waals surface area contributed by atoms with E-state index in [4.69, 9.17) is 16.0 Å². The summed E-state index contributed by atoms with van der Waals surface area (Å²) in [5.74, 6) is 0.424. The standard InChI is InChI=1S/C23H23ClFN3O/c24-22-10-4-9-20(23(22)25)21-15-27(13-17(21)12-26)16-28(14-19-8-5-11-29-19)18-6-2-1-3-7-18/h4-5,8-11,13,15,18H,1-3,6-7,14,16H2. The molecule has 0 unspecified atom stereocenters. The van der Waals surface area contributed by atoms with Gasteiger partial charge in [0, 0.05) is 29.6 Å². The summed E-state index contributed by atoms with van der Waals surface area (Å²) in [5.41, 5.74) is 1.35. The van der Waals surface area contributed by atoms with E-state index in [9.17, 15) is 9.65 Å². The molecule has 4 rings (SSSR count). The van der Waals surface area contributed by atoms with Crippen molar-refractivity contribution in [2.45, 2.75) is 51.4 Å². The molecule has 0 radical (unpaired) electrons. The molecule has 1 fully saturated rings. The quantitative estimate of drug-likeness (QED) is 0.484. The molecule has 6 heteroatoms. The molecule has 1 aromatic carbocycles. The number of hydrogen-bond acceptors (Lipinski definition) is 3. The summed E-state index contributed by atoms with van der Waals surface area (Å²) >= 11 is 5.95. The second-order valence-electron chi connectivity index (χ2n) is 7.57. The Morgan fingerprint density at radius 2 is 1.97 bits per heavy atom. The maximum absolute atomic E-state index is 14.5. The van der Waals surface area contributed by atoms with Crippen LogP contribution in [0.4, 0.5) is 4.39 Å². The molecular formula is C23H23ClFN3O. The van der Waals surface area contributed by atoms with Gasteiger partial charge in [0.2, 0.25) is 0 Å². The van der Waals surface area contributed by atoms with E-state index in [-0.39, 0.29) is 5.02 Å². The van der Waals surface area contributed by atoms with Gasteiger partial charge in [-0.05, 0) is 31.0 Å². The van der Waals surface area contributed by atoms with Crippen molar-refractivity contribution in [1.82, 2.24) is 9.47 Å². The molecule has 3 aromatic rings. The number of rotatable bonds is 6. The topological polar surface area (TPSA) is 45.1 Å². The summed E-state index contributed by atoms with van der Waals surface area (Å²) in [5, 5.41) is 9.65. The molecule has 29 heavy (non-hydrogen) atoms. The molecule has 1 aliphatic carbocycles. The zero-order chi connectivity index (χ0) is 20.2. The van der Waals surface area contributed by atoms with Crippen molar-refractivity contribution in [3.8, 4) is 17.2 Å². The zero-order valence-electron chi connectivity index (χ0n) is 16.2. The van der Waals surface area contributed by atoms with Crippen molar-refractivity contribution >= 4 is 11.6 Å². The highest BCUT2D eigenvalue weighted by atomic mass is 35.5. The Morgan fingerprint density at radius 3 is 2.69 bits per heavy atom. The van der Waals surface area contributed by atoms with Crippen LogP contribution in [0.2, 0.25) is 5.02 Å². The van der Waals surface area contributed by atoms with Gasteiger partial charge in [-0.2, -0.15) is 5.26 Å². The first-order valence-electron chi connectivity index (χ1n) is 9.96. The van der Waals surface area contributed by atoms with Crippen LogP contribution in [-0.4, -0.2) is 15.5 Å². The highest BCUT2D eigenvalue weighted by Crippen LogP contribution is 2.31. The highest BCUT2D eigenvalue weighted by Gasteiger charge is 2.23. The molecule has 150 valence electrons. The summed E-state index contributed by atoms with van der Waals surface area (Å²) in [6.45, 7) is 1.32. The van der Waals surface area contributed by atoms with Crippen LogP contribution in [-0.2, 0) is 13.2 Å². The first kappa shape index (κ1) is 19.8. The number of nitrogens with zero attached hydrogens (tertiary/aromatic N) is 3. The third kappa shape index (κ3) is 4.39. The van der Waals surface area contributed by atoms with E-state index in [1.54, 1.807) is 24.6 Å². The van der Waals surface area contributed by atoms with Crippen molar-refractivity contribution in [3.05, 3.63) is 71.2 Å². The van der Waals surface area contributed by atoms with Gasteiger partial charge < -0.3 is 8.98 Å². The van der Waals surface area contributed by atoms with Crippen molar-refractivity contribution in [2.24, 2.45) is 0 Å². The molecule has 1 aliphatic rings. The van der Waals surface area contributed by atoms with Crippen LogP contribution < -0.4 is 0 Å². The van der Waals surface area contributed by atoms with Crippen LogP contribution in [0.5, 0.6) is 0 Å². The Labute approximate surface area is 175 Å². The average Bonchev–Trinajstić information content (AvgIpc) is 3.40. The Hall–Kier alpha value is -2.55. The van der Waals surface area contributed by atoms with Crippen LogP contribution in [0, 0.1) is 17.1 Å². The minimum Gasteiger partial charge on any atom is -0.468 e. The highest BCUT2D eigenvalue weighted by molar-refractivity contribution is 6.31. The van der Waals surface area contributed by atoms with Crippen molar-refractivity contribution in [2.75, 3.05) is 0 Å². The van der Waals surface area contributed by atoms with Gasteiger partial charge in [-0.1, -0.05) is 43.0 Å². The minimum atomic E-state index is -0.497. The van der Waals surface area contributed by atoms with Crippen molar-refractivity contribution in [1.29, 1.82) is 5.26 Å². The van der Waals surface area contributed by atoms with E-state index in [1.165, 1.54) is 25.3 Å². The molecule has 4 nitrogen and oxygen atoms in total. The molecule has 0 amide bonds. The van der Waals surface area contributed by atoms with E-state index in [2.05, 4.69) is 11.0 Å². The zero-order valence-corrected chi connectivity index (χ0v) is 16.9. The summed E-state index contributed by atoms with van der Waals surface area (Å²) in [4.78, 5) is 2.39. The second-order valence-corrected chi connectivity index (χ2v) is 7.98. The number of nitriles is 1. The lowest BCUT2D eigenvalue weighted by Gasteiger charge is -2.34. The van der Waals surface area contributed by atoms with E-state index in [0.717, 1.165) is 18.6 Å². The fraction of sp³-hybridized carbons (Fsp3) is 0.348. The monoisotopic (exact) mass is 411 g/mol. The summed E-state index contributed by atoms with van der Waals surface area (Å²) in [6.07, 6.45) is 11.4. The Kier molecular flexibility index (Phi) is 6.03. The Bertz CT molecular complexity index is 1000. The van der Waals surface area contributed by atoms with E-state index < -0.39 is 5.82 Å². The fourth-order valence-electron chi connectivity index (χ4n) is 4.16. The maximum Gasteiger partial charge on any atom is 0.149 e. The Morgan fingerprint density at radius 1 is 1.14 bits per heavy atom. The number of benzene rings is 1. The summed E-state index contributed by atoms with van der Waals surface area (Å²) < 4.78 is 22.1. The van der Waals surface area contributed by atoms with E-state index >= 15 is 0 Å². The molecule has 0 atom stereocenters. The number of hydrogen-bond donors (Lipinski definition) is 0. The Balaban J connectivity index is 1.63. The lowest BCUT2D eigenvalue weighted by Crippen LogP contribution is -2.37. The lowest BCUT2D eigenvalue weighted by molar-refractivity contribution is 0.102. The van der Waals surface area contributed by atoms with Crippen LogP contribution in [0.3, 0.4) is 0 Å².